The van der Waals surface area contributed by atoms with Crippen molar-refractivity contribution >= 4 is 21.7 Å². The smallest absolute Gasteiger partial charge is 0.140 e. The minimum Gasteiger partial charge on any atom is -0.493 e. The van der Waals surface area contributed by atoms with Crippen LogP contribution >= 0.6 is 15.9 Å². The number of nitrogen functional groups attached to an aromatic ring is 1. The summed E-state index contributed by atoms with van der Waals surface area (Å²) < 4.78 is 8.47. The third-order valence-electron chi connectivity index (χ3n) is 3.46. The molecule has 0 saturated carbocycles. The number of nitrogens with two attached hydrogens (primary N) is 1. The number of nitriles is 1. The van der Waals surface area contributed by atoms with Gasteiger partial charge in [-0.2, -0.15) is 10.4 Å². The molecule has 6 heteroatoms. The van der Waals surface area contributed by atoms with Crippen molar-refractivity contribution in [3.63, 3.8) is 0 Å². The van der Waals surface area contributed by atoms with Crippen LogP contribution in [0.4, 0.5) is 5.82 Å². The van der Waals surface area contributed by atoms with Gasteiger partial charge in [0, 0.05) is 10.0 Å². The highest BCUT2D eigenvalue weighted by molar-refractivity contribution is 9.10. The average Bonchev–Trinajstić information content (AvgIpc) is 2.69. The van der Waals surface area contributed by atoms with Crippen LogP contribution in [-0.2, 0) is 0 Å². The summed E-state index contributed by atoms with van der Waals surface area (Å²) in [4.78, 5) is 0. The lowest BCUT2D eigenvalue weighted by Crippen LogP contribution is -2.14. The summed E-state index contributed by atoms with van der Waals surface area (Å²) in [7, 11) is 0. The third-order valence-corrected chi connectivity index (χ3v) is 3.95. The molecule has 2 aromatic rings. The van der Waals surface area contributed by atoms with Crippen LogP contribution in [0.1, 0.15) is 30.0 Å². The molecule has 0 spiro atoms. The van der Waals surface area contributed by atoms with Crippen molar-refractivity contribution in [3.05, 3.63) is 40.0 Å². The lowest BCUT2D eigenvalue weighted by molar-refractivity contribution is 0.315. The van der Waals surface area contributed by atoms with E-state index in [1.54, 1.807) is 4.68 Å². The van der Waals surface area contributed by atoms with Crippen molar-refractivity contribution in [1.82, 2.24) is 9.78 Å². The van der Waals surface area contributed by atoms with Crippen LogP contribution in [0, 0.1) is 11.3 Å². The summed E-state index contributed by atoms with van der Waals surface area (Å²) in [6, 6.07) is 7.98. The van der Waals surface area contributed by atoms with E-state index in [-0.39, 0.29) is 6.04 Å². The van der Waals surface area contributed by atoms with Crippen molar-refractivity contribution in [2.75, 3.05) is 12.3 Å². The summed E-state index contributed by atoms with van der Waals surface area (Å²) in [5.41, 5.74) is 7.46. The van der Waals surface area contributed by atoms with Gasteiger partial charge in [0.1, 0.15) is 23.2 Å². The molecule has 0 saturated heterocycles. The van der Waals surface area contributed by atoms with Crippen molar-refractivity contribution in [3.8, 4) is 11.8 Å². The average molecular weight is 333 g/mol. The molecule has 1 aliphatic heterocycles. The second-order valence-corrected chi connectivity index (χ2v) is 5.60. The Labute approximate surface area is 125 Å². The number of rotatable bonds is 1. The van der Waals surface area contributed by atoms with E-state index < -0.39 is 0 Å². The minimum atomic E-state index is -0.00731. The summed E-state index contributed by atoms with van der Waals surface area (Å²) in [6.07, 6.45) is 3.30. The highest BCUT2D eigenvalue weighted by Crippen LogP contribution is 2.37. The maximum atomic E-state index is 9.01. The summed E-state index contributed by atoms with van der Waals surface area (Å²) in [5.74, 6) is 1.26. The standard InChI is InChI=1S/C14H13BrN4O/c15-10-3-4-13-11(6-10)12(2-1-5-20-13)19-14(17)9(7-16)8-18-19/h3-4,6,8,12H,1-2,5,17H2. The first kappa shape index (κ1) is 13.0. The van der Waals surface area contributed by atoms with Crippen molar-refractivity contribution in [2.24, 2.45) is 0 Å². The van der Waals surface area contributed by atoms with Crippen LogP contribution in [0.2, 0.25) is 0 Å². The molecule has 1 aromatic carbocycles. The molecule has 2 heterocycles. The lowest BCUT2D eigenvalue weighted by atomic mass is 10.0. The van der Waals surface area contributed by atoms with Crippen molar-refractivity contribution < 1.29 is 4.74 Å². The monoisotopic (exact) mass is 332 g/mol. The molecular weight excluding hydrogens is 320 g/mol. The first-order valence-electron chi connectivity index (χ1n) is 6.36. The van der Waals surface area contributed by atoms with Gasteiger partial charge in [-0.15, -0.1) is 0 Å². The van der Waals surface area contributed by atoms with Crippen LogP contribution in [-0.4, -0.2) is 16.4 Å². The number of ether oxygens (including phenoxy) is 1. The van der Waals surface area contributed by atoms with Gasteiger partial charge in [0.15, 0.2) is 0 Å². The number of aromatic nitrogens is 2. The fourth-order valence-electron chi connectivity index (χ4n) is 2.49. The first-order valence-corrected chi connectivity index (χ1v) is 7.15. The Bertz CT molecular complexity index is 689. The molecular formula is C14H13BrN4O. The van der Waals surface area contributed by atoms with Crippen LogP contribution < -0.4 is 10.5 Å². The van der Waals surface area contributed by atoms with Gasteiger partial charge in [0.2, 0.25) is 0 Å². The minimum absolute atomic E-state index is 0.00731. The molecule has 0 fully saturated rings. The number of hydrogen-bond donors (Lipinski definition) is 1. The topological polar surface area (TPSA) is 76.9 Å². The summed E-state index contributed by atoms with van der Waals surface area (Å²) in [6.45, 7) is 0.678. The molecule has 102 valence electrons. The Balaban J connectivity index is 2.12. The number of fused-ring (bicyclic) bond motifs is 1. The molecule has 3 rings (SSSR count). The predicted octanol–water partition coefficient (Wildman–Crippen LogP) is 2.86. The van der Waals surface area contributed by atoms with Gasteiger partial charge in [-0.1, -0.05) is 15.9 Å². The quantitative estimate of drug-likeness (QED) is 0.871. The van der Waals surface area contributed by atoms with Crippen LogP contribution in [0.25, 0.3) is 0 Å². The van der Waals surface area contributed by atoms with Gasteiger partial charge in [0.25, 0.3) is 0 Å². The van der Waals surface area contributed by atoms with Gasteiger partial charge in [-0.05, 0) is 31.0 Å². The number of halogens is 1. The van der Waals surface area contributed by atoms with Gasteiger partial charge in [-0.3, -0.25) is 0 Å². The van der Waals surface area contributed by atoms with Gasteiger partial charge in [0.05, 0.1) is 18.8 Å². The number of benzene rings is 1. The fraction of sp³-hybridized carbons (Fsp3) is 0.286. The Kier molecular flexibility index (Phi) is 3.36. The maximum Gasteiger partial charge on any atom is 0.140 e. The zero-order valence-corrected chi connectivity index (χ0v) is 12.3. The molecule has 1 aliphatic rings. The zero-order chi connectivity index (χ0) is 14.1. The highest BCUT2D eigenvalue weighted by Gasteiger charge is 2.24. The molecule has 1 atom stereocenters. The van der Waals surface area contributed by atoms with Gasteiger partial charge < -0.3 is 10.5 Å². The largest absolute Gasteiger partial charge is 0.493 e. The molecule has 1 unspecified atom stereocenters. The first-order chi connectivity index (χ1) is 9.70. The Morgan fingerprint density at radius 2 is 2.35 bits per heavy atom. The van der Waals surface area contributed by atoms with E-state index >= 15 is 0 Å². The van der Waals surface area contributed by atoms with E-state index in [0.717, 1.165) is 28.6 Å². The Morgan fingerprint density at radius 1 is 1.50 bits per heavy atom. The molecule has 0 bridgehead atoms. The predicted molar refractivity (Wildman–Crippen MR) is 78.4 cm³/mol. The van der Waals surface area contributed by atoms with E-state index in [9.17, 15) is 0 Å². The normalized spacial score (nSPS) is 17.7. The summed E-state index contributed by atoms with van der Waals surface area (Å²) in [5, 5.41) is 13.3. The molecule has 1 aromatic heterocycles. The molecule has 0 radical (unpaired) electrons. The zero-order valence-electron chi connectivity index (χ0n) is 10.7. The van der Waals surface area contributed by atoms with E-state index in [0.29, 0.717) is 18.0 Å². The van der Waals surface area contributed by atoms with Crippen molar-refractivity contribution in [1.29, 1.82) is 5.26 Å². The van der Waals surface area contributed by atoms with Crippen LogP contribution in [0.15, 0.2) is 28.9 Å². The second kappa shape index (κ2) is 5.17. The Morgan fingerprint density at radius 3 is 3.10 bits per heavy atom. The molecule has 20 heavy (non-hydrogen) atoms. The van der Waals surface area contributed by atoms with Gasteiger partial charge >= 0.3 is 0 Å². The highest BCUT2D eigenvalue weighted by atomic mass is 79.9. The van der Waals surface area contributed by atoms with Crippen LogP contribution in [0.3, 0.4) is 0 Å². The number of anilines is 1. The number of nitrogens with zero attached hydrogens (tertiary/aromatic N) is 3. The van der Waals surface area contributed by atoms with E-state index in [1.165, 1.54) is 6.20 Å². The lowest BCUT2D eigenvalue weighted by Gasteiger charge is -2.18. The fourth-order valence-corrected chi connectivity index (χ4v) is 2.86. The molecule has 0 amide bonds. The van der Waals surface area contributed by atoms with Crippen molar-refractivity contribution in [2.45, 2.75) is 18.9 Å². The SMILES string of the molecule is N#Cc1cnn(C2CCCOc3ccc(Br)cc32)c1N. The Hall–Kier alpha value is -2.00. The maximum absolute atomic E-state index is 9.01. The second-order valence-electron chi connectivity index (χ2n) is 4.69. The molecule has 0 aliphatic carbocycles. The van der Waals surface area contributed by atoms with E-state index in [1.807, 2.05) is 18.2 Å². The van der Waals surface area contributed by atoms with E-state index in [4.69, 9.17) is 15.7 Å². The molecule has 2 N–H and O–H groups in total. The van der Waals surface area contributed by atoms with Crippen LogP contribution in [0.5, 0.6) is 5.75 Å². The molecule has 5 nitrogen and oxygen atoms in total. The number of hydrogen-bond acceptors (Lipinski definition) is 4. The van der Waals surface area contributed by atoms with E-state index in [2.05, 4.69) is 27.1 Å². The van der Waals surface area contributed by atoms with Gasteiger partial charge in [-0.25, -0.2) is 4.68 Å². The third kappa shape index (κ3) is 2.14. The summed E-state index contributed by atoms with van der Waals surface area (Å²) >= 11 is 3.48.